The fourth-order valence-corrected chi connectivity index (χ4v) is 3.06. The summed E-state index contributed by atoms with van der Waals surface area (Å²) in [5, 5.41) is 9.25. The van der Waals surface area contributed by atoms with E-state index in [1.807, 2.05) is 0 Å². The number of anilines is 1. The Balaban J connectivity index is 1.95. The van der Waals surface area contributed by atoms with E-state index in [1.54, 1.807) is 6.07 Å². The lowest BCUT2D eigenvalue weighted by atomic mass is 10.1. The average molecular weight is 287 g/mol. The number of aromatic amines is 1. The number of carboxylic acid groups (broad SMARTS) is 1. The standard InChI is InChI=1S/C14H13N3O4/c18-11-8-4-10-13(17-3-1-2-7(17)6-21-10)16-12(8)15-5-9(11)14(19)20/h4-5,7H,1-3,6H2,(H,19,20)(H,15,16,18)/t7-/m1/s1. The number of nitrogens with zero attached hydrogens (tertiary/aromatic N) is 2. The number of H-pyrrole nitrogens is 1. The molecule has 1 atom stereocenters. The van der Waals surface area contributed by atoms with Crippen LogP contribution in [0.15, 0.2) is 17.1 Å². The van der Waals surface area contributed by atoms with Crippen molar-refractivity contribution >= 4 is 22.8 Å². The van der Waals surface area contributed by atoms with Crippen LogP contribution < -0.4 is 15.1 Å². The lowest BCUT2D eigenvalue weighted by Gasteiger charge is -2.32. The molecule has 0 aliphatic carbocycles. The minimum Gasteiger partial charge on any atom is -0.488 e. The number of carboxylic acids is 1. The summed E-state index contributed by atoms with van der Waals surface area (Å²) in [6.07, 6.45) is 3.37. The molecule has 4 rings (SSSR count). The molecule has 0 amide bonds. The highest BCUT2D eigenvalue weighted by atomic mass is 16.5. The Kier molecular flexibility index (Phi) is 2.44. The number of ether oxygens (including phenoxy) is 1. The van der Waals surface area contributed by atoms with Gasteiger partial charge in [-0.15, -0.1) is 0 Å². The smallest absolute Gasteiger partial charge is 0.341 e. The van der Waals surface area contributed by atoms with E-state index in [-0.39, 0.29) is 10.9 Å². The molecule has 7 nitrogen and oxygen atoms in total. The highest BCUT2D eigenvalue weighted by Gasteiger charge is 2.33. The number of aromatic nitrogens is 2. The van der Waals surface area contributed by atoms with Crippen molar-refractivity contribution in [1.82, 2.24) is 9.97 Å². The van der Waals surface area contributed by atoms with E-state index in [9.17, 15) is 9.59 Å². The fourth-order valence-electron chi connectivity index (χ4n) is 3.06. The molecule has 2 aliphatic heterocycles. The Bertz CT molecular complexity index is 814. The highest BCUT2D eigenvalue weighted by Crippen LogP contribution is 2.37. The molecular weight excluding hydrogens is 274 g/mol. The first kappa shape index (κ1) is 12.2. The van der Waals surface area contributed by atoms with Crippen molar-refractivity contribution in [2.24, 2.45) is 0 Å². The van der Waals surface area contributed by atoms with E-state index in [0.29, 0.717) is 24.0 Å². The second-order valence-corrected chi connectivity index (χ2v) is 5.34. The van der Waals surface area contributed by atoms with Gasteiger partial charge in [0.15, 0.2) is 11.6 Å². The zero-order chi connectivity index (χ0) is 14.6. The second kappa shape index (κ2) is 4.21. The van der Waals surface area contributed by atoms with Gasteiger partial charge in [-0.25, -0.2) is 9.78 Å². The SMILES string of the molecule is O=C(O)c1c[nH]c2nc3c(cc2c1=O)OC[C@H]1CCCN31. The van der Waals surface area contributed by atoms with Crippen molar-refractivity contribution < 1.29 is 14.6 Å². The normalized spacial score (nSPS) is 20.0. The van der Waals surface area contributed by atoms with Crippen LogP contribution in [0.4, 0.5) is 5.82 Å². The number of hydrogen-bond acceptors (Lipinski definition) is 5. The highest BCUT2D eigenvalue weighted by molar-refractivity contribution is 5.92. The summed E-state index contributed by atoms with van der Waals surface area (Å²) in [4.78, 5) is 32.7. The van der Waals surface area contributed by atoms with Gasteiger partial charge < -0.3 is 19.7 Å². The molecule has 0 radical (unpaired) electrons. The summed E-state index contributed by atoms with van der Waals surface area (Å²) in [5.74, 6) is 0.0278. The van der Waals surface area contributed by atoms with E-state index >= 15 is 0 Å². The van der Waals surface area contributed by atoms with Crippen LogP contribution in [0.5, 0.6) is 5.75 Å². The van der Waals surface area contributed by atoms with Gasteiger partial charge in [0, 0.05) is 12.7 Å². The number of aromatic carboxylic acids is 1. The Morgan fingerprint density at radius 2 is 2.38 bits per heavy atom. The predicted molar refractivity (Wildman–Crippen MR) is 75.2 cm³/mol. The van der Waals surface area contributed by atoms with Gasteiger partial charge >= 0.3 is 5.97 Å². The molecule has 1 fully saturated rings. The predicted octanol–water partition coefficient (Wildman–Crippen LogP) is 0.982. The summed E-state index contributed by atoms with van der Waals surface area (Å²) in [6, 6.07) is 1.93. The van der Waals surface area contributed by atoms with Gasteiger partial charge in [-0.2, -0.15) is 0 Å². The number of fused-ring (bicyclic) bond motifs is 4. The first-order valence-corrected chi connectivity index (χ1v) is 6.84. The third-order valence-electron chi connectivity index (χ3n) is 4.12. The van der Waals surface area contributed by atoms with Gasteiger partial charge in [0.25, 0.3) is 0 Å². The van der Waals surface area contributed by atoms with E-state index < -0.39 is 11.4 Å². The summed E-state index contributed by atoms with van der Waals surface area (Å²) in [7, 11) is 0. The van der Waals surface area contributed by atoms with Crippen LogP contribution >= 0.6 is 0 Å². The number of nitrogens with one attached hydrogen (secondary N) is 1. The van der Waals surface area contributed by atoms with Gasteiger partial charge in [-0.1, -0.05) is 0 Å². The van der Waals surface area contributed by atoms with Gasteiger partial charge in [0.05, 0.1) is 11.4 Å². The van der Waals surface area contributed by atoms with Gasteiger partial charge in [-0.3, -0.25) is 4.79 Å². The maximum absolute atomic E-state index is 12.2. The first-order valence-electron chi connectivity index (χ1n) is 6.84. The molecule has 108 valence electrons. The van der Waals surface area contributed by atoms with E-state index in [0.717, 1.165) is 25.2 Å². The van der Waals surface area contributed by atoms with Crippen LogP contribution in [0.25, 0.3) is 11.0 Å². The third-order valence-corrected chi connectivity index (χ3v) is 4.12. The van der Waals surface area contributed by atoms with Crippen molar-refractivity contribution in [2.75, 3.05) is 18.1 Å². The molecule has 0 bridgehead atoms. The number of carbonyl (C=O) groups is 1. The molecule has 2 aliphatic rings. The van der Waals surface area contributed by atoms with Crippen LogP contribution in [-0.4, -0.2) is 40.2 Å². The molecule has 7 heteroatoms. The Morgan fingerprint density at radius 3 is 3.19 bits per heavy atom. The lowest BCUT2D eigenvalue weighted by Crippen LogP contribution is -2.38. The van der Waals surface area contributed by atoms with Crippen LogP contribution in [0.3, 0.4) is 0 Å². The third kappa shape index (κ3) is 1.70. The van der Waals surface area contributed by atoms with E-state index in [1.165, 1.54) is 6.20 Å². The Hall–Kier alpha value is -2.57. The van der Waals surface area contributed by atoms with E-state index in [4.69, 9.17) is 9.84 Å². The van der Waals surface area contributed by atoms with Crippen LogP contribution in [0, 0.1) is 0 Å². The summed E-state index contributed by atoms with van der Waals surface area (Å²) < 4.78 is 5.70. The Labute approximate surface area is 119 Å². The van der Waals surface area contributed by atoms with Crippen molar-refractivity contribution in [2.45, 2.75) is 18.9 Å². The minimum absolute atomic E-state index is 0.242. The minimum atomic E-state index is -1.25. The van der Waals surface area contributed by atoms with Crippen LogP contribution in [0.1, 0.15) is 23.2 Å². The number of pyridine rings is 2. The maximum Gasteiger partial charge on any atom is 0.341 e. The van der Waals surface area contributed by atoms with Gasteiger partial charge in [0.2, 0.25) is 5.43 Å². The van der Waals surface area contributed by atoms with E-state index in [2.05, 4.69) is 14.9 Å². The lowest BCUT2D eigenvalue weighted by molar-refractivity contribution is 0.0695. The molecular formula is C14H13N3O4. The topological polar surface area (TPSA) is 95.5 Å². The molecule has 0 aromatic carbocycles. The molecule has 4 heterocycles. The monoisotopic (exact) mass is 287 g/mol. The molecule has 2 aromatic rings. The molecule has 0 spiro atoms. The summed E-state index contributed by atoms with van der Waals surface area (Å²) >= 11 is 0. The number of rotatable bonds is 1. The fraction of sp³-hybridized carbons (Fsp3) is 0.357. The van der Waals surface area contributed by atoms with Crippen LogP contribution in [-0.2, 0) is 0 Å². The van der Waals surface area contributed by atoms with Gasteiger partial charge in [0.1, 0.15) is 17.8 Å². The molecule has 21 heavy (non-hydrogen) atoms. The zero-order valence-corrected chi connectivity index (χ0v) is 11.1. The van der Waals surface area contributed by atoms with Crippen LogP contribution in [0.2, 0.25) is 0 Å². The molecule has 0 saturated carbocycles. The summed E-state index contributed by atoms with van der Waals surface area (Å²) in [6.45, 7) is 1.51. The molecule has 0 unspecified atom stereocenters. The summed E-state index contributed by atoms with van der Waals surface area (Å²) in [5.41, 5.74) is -0.447. The van der Waals surface area contributed by atoms with Gasteiger partial charge in [-0.05, 0) is 18.9 Å². The molecule has 2 N–H and O–H groups in total. The largest absolute Gasteiger partial charge is 0.488 e. The quantitative estimate of drug-likeness (QED) is 0.812. The van der Waals surface area contributed by atoms with Crippen molar-refractivity contribution in [3.05, 3.63) is 28.0 Å². The van der Waals surface area contributed by atoms with Crippen molar-refractivity contribution in [1.29, 1.82) is 0 Å². The maximum atomic E-state index is 12.2. The number of hydrogen-bond donors (Lipinski definition) is 2. The molecule has 1 saturated heterocycles. The first-order chi connectivity index (χ1) is 10.1. The van der Waals surface area contributed by atoms with Crippen molar-refractivity contribution in [3.63, 3.8) is 0 Å². The average Bonchev–Trinajstić information content (AvgIpc) is 2.94. The zero-order valence-electron chi connectivity index (χ0n) is 11.1. The van der Waals surface area contributed by atoms with Crippen molar-refractivity contribution in [3.8, 4) is 5.75 Å². The second-order valence-electron chi connectivity index (χ2n) is 5.34. The Morgan fingerprint density at radius 1 is 1.52 bits per heavy atom. The molecule has 2 aromatic heterocycles.